The third-order valence-corrected chi connectivity index (χ3v) is 10.4. The first-order chi connectivity index (χ1) is 23.7. The van der Waals surface area contributed by atoms with Crippen LogP contribution in [0.2, 0.25) is 0 Å². The van der Waals surface area contributed by atoms with Crippen LogP contribution in [0.5, 0.6) is 0 Å². The number of rotatable bonds is 7. The highest BCUT2D eigenvalue weighted by Gasteiger charge is 2.18. The van der Waals surface area contributed by atoms with Gasteiger partial charge in [-0.05, 0) is 48.7 Å². The lowest BCUT2D eigenvalue weighted by Crippen LogP contribution is -2.01. The Bertz CT molecular complexity index is 2600. The summed E-state index contributed by atoms with van der Waals surface area (Å²) < 4.78 is 5.03. The molecule has 0 unspecified atom stereocenters. The number of aromatic nitrogens is 4. The molecule has 9 aromatic rings. The molecule has 0 saturated carbocycles. The molecule has 0 aliphatic carbocycles. The summed E-state index contributed by atoms with van der Waals surface area (Å²) in [7, 11) is 0. The van der Waals surface area contributed by atoms with Crippen molar-refractivity contribution in [3.05, 3.63) is 145 Å². The van der Waals surface area contributed by atoms with Crippen LogP contribution in [0, 0.1) is 0 Å². The fraction of sp³-hybridized carbons (Fsp3) is 0.0930. The van der Waals surface area contributed by atoms with Crippen LogP contribution in [0.1, 0.15) is 25.3 Å². The Morgan fingerprint density at radius 2 is 1.21 bits per heavy atom. The van der Waals surface area contributed by atoms with Crippen molar-refractivity contribution in [1.29, 1.82) is 0 Å². The third-order valence-electron chi connectivity index (χ3n) is 9.24. The van der Waals surface area contributed by atoms with Gasteiger partial charge in [0.25, 0.3) is 0 Å². The van der Waals surface area contributed by atoms with Crippen LogP contribution < -0.4 is 0 Å². The predicted octanol–water partition coefficient (Wildman–Crippen LogP) is 11.7. The number of hydrogen-bond acceptors (Lipinski definition) is 4. The van der Waals surface area contributed by atoms with E-state index in [4.69, 9.17) is 15.0 Å². The van der Waals surface area contributed by atoms with Crippen molar-refractivity contribution in [1.82, 2.24) is 19.5 Å². The fourth-order valence-corrected chi connectivity index (χ4v) is 8.11. The minimum Gasteiger partial charge on any atom is -0.309 e. The Labute approximate surface area is 283 Å². The number of aryl methyl sites for hydroxylation is 1. The zero-order valence-electron chi connectivity index (χ0n) is 26.6. The largest absolute Gasteiger partial charge is 0.309 e. The van der Waals surface area contributed by atoms with Gasteiger partial charge in [0.15, 0.2) is 17.5 Å². The van der Waals surface area contributed by atoms with E-state index in [0.717, 1.165) is 28.8 Å². The highest BCUT2D eigenvalue weighted by molar-refractivity contribution is 7.26. The fourth-order valence-electron chi connectivity index (χ4n) is 6.85. The smallest absolute Gasteiger partial charge is 0.164 e. The molecule has 0 fully saturated rings. The van der Waals surface area contributed by atoms with Crippen molar-refractivity contribution in [3.8, 4) is 39.9 Å². The lowest BCUT2D eigenvalue weighted by atomic mass is 10.1. The molecule has 0 amide bonds. The molecule has 0 N–H and O–H groups in total. The van der Waals surface area contributed by atoms with Crippen molar-refractivity contribution < 1.29 is 0 Å². The first-order valence-electron chi connectivity index (χ1n) is 16.6. The average Bonchev–Trinajstić information content (AvgIpc) is 3.70. The maximum Gasteiger partial charge on any atom is 0.164 e. The van der Waals surface area contributed by atoms with E-state index in [2.05, 4.69) is 133 Å². The molecule has 4 nitrogen and oxygen atoms in total. The number of benzene rings is 6. The van der Waals surface area contributed by atoms with Crippen molar-refractivity contribution in [2.45, 2.75) is 26.2 Å². The Morgan fingerprint density at radius 1 is 0.542 bits per heavy atom. The molecule has 0 spiro atoms. The van der Waals surface area contributed by atoms with Crippen LogP contribution in [0.3, 0.4) is 0 Å². The van der Waals surface area contributed by atoms with Crippen LogP contribution in [-0.4, -0.2) is 19.5 Å². The van der Waals surface area contributed by atoms with E-state index in [1.54, 1.807) is 0 Å². The Hall–Kier alpha value is -5.65. The molecule has 0 radical (unpaired) electrons. The van der Waals surface area contributed by atoms with E-state index in [9.17, 15) is 0 Å². The summed E-state index contributed by atoms with van der Waals surface area (Å²) in [6.45, 7) is 2.23. The van der Waals surface area contributed by atoms with E-state index in [1.807, 2.05) is 29.5 Å². The van der Waals surface area contributed by atoms with Gasteiger partial charge in [0, 0.05) is 53.3 Å². The van der Waals surface area contributed by atoms with Crippen LogP contribution in [0.25, 0.3) is 81.8 Å². The SMILES string of the molecule is CCCCc1ccc(-c2nc(-c3ccccc3)nc(-c3cccc(-n4c5ccccc5c5c6sc7ccccc7c6ccc54)c3)n2)cc1. The zero-order chi connectivity index (χ0) is 32.0. The molecule has 0 saturated heterocycles. The number of para-hydroxylation sites is 1. The van der Waals surface area contributed by atoms with E-state index in [1.165, 1.54) is 60.4 Å². The molecule has 0 bridgehead atoms. The molecule has 9 rings (SSSR count). The quantitative estimate of drug-likeness (QED) is 0.175. The Morgan fingerprint density at radius 3 is 2.00 bits per heavy atom. The zero-order valence-corrected chi connectivity index (χ0v) is 27.4. The van der Waals surface area contributed by atoms with Crippen molar-refractivity contribution in [3.63, 3.8) is 0 Å². The molecule has 6 aromatic carbocycles. The number of hydrogen-bond donors (Lipinski definition) is 0. The maximum absolute atomic E-state index is 5.07. The van der Waals surface area contributed by atoms with Crippen molar-refractivity contribution in [2.24, 2.45) is 0 Å². The van der Waals surface area contributed by atoms with E-state index in [-0.39, 0.29) is 0 Å². The summed E-state index contributed by atoms with van der Waals surface area (Å²) >= 11 is 1.88. The van der Waals surface area contributed by atoms with Gasteiger partial charge in [0.05, 0.1) is 11.0 Å². The van der Waals surface area contributed by atoms with Gasteiger partial charge in [-0.1, -0.05) is 123 Å². The highest BCUT2D eigenvalue weighted by Crippen LogP contribution is 2.43. The van der Waals surface area contributed by atoms with Gasteiger partial charge in [-0.3, -0.25) is 0 Å². The molecule has 0 aliphatic heterocycles. The molecule has 230 valence electrons. The summed E-state index contributed by atoms with van der Waals surface area (Å²) in [5.74, 6) is 2.00. The van der Waals surface area contributed by atoms with Gasteiger partial charge < -0.3 is 4.57 Å². The second kappa shape index (κ2) is 11.9. The van der Waals surface area contributed by atoms with E-state index >= 15 is 0 Å². The molecular weight excluding hydrogens is 605 g/mol. The van der Waals surface area contributed by atoms with E-state index < -0.39 is 0 Å². The number of thiophene rings is 1. The van der Waals surface area contributed by atoms with Crippen molar-refractivity contribution >= 4 is 53.3 Å². The molecular formula is C43H32N4S. The Kier molecular flexibility index (Phi) is 7.06. The van der Waals surface area contributed by atoms with Crippen LogP contribution in [0.4, 0.5) is 0 Å². The average molecular weight is 637 g/mol. The summed E-state index contributed by atoms with van der Waals surface area (Å²) in [5, 5.41) is 5.18. The first-order valence-corrected chi connectivity index (χ1v) is 17.4. The molecule has 3 aromatic heterocycles. The van der Waals surface area contributed by atoms with Crippen LogP contribution in [0.15, 0.2) is 140 Å². The highest BCUT2D eigenvalue weighted by atomic mass is 32.1. The summed E-state index contributed by atoms with van der Waals surface area (Å²) in [4.78, 5) is 15.1. The Balaban J connectivity index is 1.22. The topological polar surface area (TPSA) is 43.6 Å². The summed E-state index contributed by atoms with van der Waals surface area (Å²) in [6, 6.07) is 49.5. The standard InChI is InChI=1S/C43H32N4S/c1-2-3-12-28-21-23-30(24-22-28)42-44-41(29-13-5-4-6-14-29)45-43(46-42)31-15-11-16-32(27-31)47-36-19-9-7-18-35(36)39-37(47)26-25-34-33-17-8-10-20-38(33)48-40(34)39/h4-11,13-27H,2-3,12H2,1H3. The molecule has 0 aliphatic rings. The van der Waals surface area contributed by atoms with Gasteiger partial charge in [0.2, 0.25) is 0 Å². The summed E-state index contributed by atoms with van der Waals surface area (Å²) in [5.41, 5.74) is 7.68. The van der Waals surface area contributed by atoms with Gasteiger partial charge in [-0.25, -0.2) is 15.0 Å². The summed E-state index contributed by atoms with van der Waals surface area (Å²) in [6.07, 6.45) is 3.45. The third kappa shape index (κ3) is 4.86. The van der Waals surface area contributed by atoms with Gasteiger partial charge >= 0.3 is 0 Å². The van der Waals surface area contributed by atoms with Crippen LogP contribution >= 0.6 is 11.3 Å². The van der Waals surface area contributed by atoms with Crippen LogP contribution in [-0.2, 0) is 6.42 Å². The normalized spacial score (nSPS) is 11.7. The lowest BCUT2D eigenvalue weighted by molar-refractivity contribution is 0.795. The number of fused-ring (bicyclic) bond motifs is 7. The molecule has 0 atom stereocenters. The van der Waals surface area contributed by atoms with Gasteiger partial charge in [-0.15, -0.1) is 11.3 Å². The number of unbranched alkanes of at least 4 members (excludes halogenated alkanes) is 1. The number of nitrogens with zero attached hydrogens (tertiary/aromatic N) is 4. The molecule has 48 heavy (non-hydrogen) atoms. The predicted molar refractivity (Wildman–Crippen MR) is 202 cm³/mol. The van der Waals surface area contributed by atoms with E-state index in [0.29, 0.717) is 17.5 Å². The second-order valence-electron chi connectivity index (χ2n) is 12.3. The minimum atomic E-state index is 0.656. The molecule has 3 heterocycles. The lowest BCUT2D eigenvalue weighted by Gasteiger charge is -2.12. The van der Waals surface area contributed by atoms with Gasteiger partial charge in [-0.2, -0.15) is 0 Å². The van der Waals surface area contributed by atoms with Gasteiger partial charge in [0.1, 0.15) is 0 Å². The molecule has 5 heteroatoms. The monoisotopic (exact) mass is 636 g/mol. The van der Waals surface area contributed by atoms with Crippen molar-refractivity contribution in [2.75, 3.05) is 0 Å². The maximum atomic E-state index is 5.07. The minimum absolute atomic E-state index is 0.656. The first kappa shape index (κ1) is 28.6. The second-order valence-corrected chi connectivity index (χ2v) is 13.4.